The van der Waals surface area contributed by atoms with Crippen LogP contribution in [0.15, 0.2) is 36.1 Å². The summed E-state index contributed by atoms with van der Waals surface area (Å²) < 4.78 is 0. The maximum Gasteiger partial charge on any atom is 0.142 e. The molecule has 1 aliphatic rings. The van der Waals surface area contributed by atoms with Gasteiger partial charge < -0.3 is 11.5 Å². The van der Waals surface area contributed by atoms with Crippen molar-refractivity contribution in [2.24, 2.45) is 11.5 Å². The Morgan fingerprint density at radius 1 is 1.58 bits per heavy atom. The van der Waals surface area contributed by atoms with E-state index in [1.54, 1.807) is 18.2 Å². The molecule has 0 radical (unpaired) electrons. The maximum absolute atomic E-state index is 10.0. The van der Waals surface area contributed by atoms with Gasteiger partial charge in [-0.25, -0.2) is 0 Å². The van der Waals surface area contributed by atoms with Gasteiger partial charge in [0.25, 0.3) is 0 Å². The lowest BCUT2D eigenvalue weighted by Crippen LogP contribution is -2.36. The first-order valence-corrected chi connectivity index (χ1v) is 3.73. The molecule has 0 bridgehead atoms. The molecule has 0 amide bonds. The van der Waals surface area contributed by atoms with Crippen LogP contribution in [-0.2, 0) is 4.79 Å². The minimum atomic E-state index is -0.538. The molecule has 0 aromatic rings. The average molecular weight is 164 g/mol. The molecule has 0 saturated heterocycles. The minimum absolute atomic E-state index is 0.538. The summed E-state index contributed by atoms with van der Waals surface area (Å²) in [6.07, 6.45) is 9.80. The van der Waals surface area contributed by atoms with E-state index in [0.29, 0.717) is 12.7 Å². The van der Waals surface area contributed by atoms with Gasteiger partial charge >= 0.3 is 0 Å². The van der Waals surface area contributed by atoms with Gasteiger partial charge in [0.1, 0.15) is 6.29 Å². The third kappa shape index (κ3) is 2.07. The zero-order valence-electron chi connectivity index (χ0n) is 6.73. The van der Waals surface area contributed by atoms with Crippen LogP contribution in [0.4, 0.5) is 0 Å². The van der Waals surface area contributed by atoms with Crippen molar-refractivity contribution in [3.63, 3.8) is 0 Å². The molecule has 12 heavy (non-hydrogen) atoms. The summed E-state index contributed by atoms with van der Waals surface area (Å²) in [7, 11) is 0. The first-order chi connectivity index (χ1) is 5.66. The zero-order valence-corrected chi connectivity index (χ0v) is 6.73. The smallest absolute Gasteiger partial charge is 0.142 e. The SMILES string of the molecule is NC1=CCC(N)(C=CC=O)C=C1. The van der Waals surface area contributed by atoms with E-state index in [9.17, 15) is 4.79 Å². The summed E-state index contributed by atoms with van der Waals surface area (Å²) >= 11 is 0. The first-order valence-electron chi connectivity index (χ1n) is 3.73. The number of nitrogens with two attached hydrogens (primary N) is 2. The number of hydrogen-bond donors (Lipinski definition) is 2. The summed E-state index contributed by atoms with van der Waals surface area (Å²) in [5, 5.41) is 0. The van der Waals surface area contributed by atoms with Crippen molar-refractivity contribution in [3.05, 3.63) is 36.1 Å². The van der Waals surface area contributed by atoms with Crippen LogP contribution >= 0.6 is 0 Å². The van der Waals surface area contributed by atoms with Crippen LogP contribution in [0, 0.1) is 0 Å². The largest absolute Gasteiger partial charge is 0.399 e. The fraction of sp³-hybridized carbons (Fsp3) is 0.222. The molecule has 0 aromatic heterocycles. The van der Waals surface area contributed by atoms with Gasteiger partial charge in [0.05, 0.1) is 5.54 Å². The number of allylic oxidation sites excluding steroid dienone is 2. The van der Waals surface area contributed by atoms with Crippen molar-refractivity contribution in [1.82, 2.24) is 0 Å². The van der Waals surface area contributed by atoms with E-state index in [1.165, 1.54) is 6.08 Å². The van der Waals surface area contributed by atoms with Crippen LogP contribution in [0.5, 0.6) is 0 Å². The van der Waals surface area contributed by atoms with Gasteiger partial charge in [0.2, 0.25) is 0 Å². The molecule has 1 atom stereocenters. The fourth-order valence-electron chi connectivity index (χ4n) is 1.02. The normalized spacial score (nSPS) is 28.9. The number of hydrogen-bond acceptors (Lipinski definition) is 3. The molecule has 0 aromatic carbocycles. The van der Waals surface area contributed by atoms with E-state index in [2.05, 4.69) is 0 Å². The van der Waals surface area contributed by atoms with Gasteiger partial charge in [0, 0.05) is 5.70 Å². The second-order valence-electron chi connectivity index (χ2n) is 2.85. The number of rotatable bonds is 2. The third-order valence-electron chi connectivity index (χ3n) is 1.76. The van der Waals surface area contributed by atoms with Crippen LogP contribution in [0.2, 0.25) is 0 Å². The Labute approximate surface area is 71.4 Å². The maximum atomic E-state index is 10.0. The third-order valence-corrected chi connectivity index (χ3v) is 1.76. The Bertz CT molecular complexity index is 266. The molecule has 3 heteroatoms. The van der Waals surface area contributed by atoms with E-state index >= 15 is 0 Å². The van der Waals surface area contributed by atoms with Crippen LogP contribution < -0.4 is 11.5 Å². The highest BCUT2D eigenvalue weighted by Crippen LogP contribution is 2.17. The molecule has 0 spiro atoms. The van der Waals surface area contributed by atoms with E-state index in [-0.39, 0.29) is 0 Å². The van der Waals surface area contributed by atoms with E-state index in [4.69, 9.17) is 11.5 Å². The molecule has 0 fully saturated rings. The van der Waals surface area contributed by atoms with Crippen LogP contribution in [0.1, 0.15) is 6.42 Å². The molecule has 0 saturated carbocycles. The molecular weight excluding hydrogens is 152 g/mol. The fourth-order valence-corrected chi connectivity index (χ4v) is 1.02. The molecule has 4 N–H and O–H groups in total. The van der Waals surface area contributed by atoms with Crippen LogP contribution in [0.3, 0.4) is 0 Å². The summed E-state index contributed by atoms with van der Waals surface area (Å²) in [6.45, 7) is 0. The van der Waals surface area contributed by atoms with Crippen molar-refractivity contribution in [1.29, 1.82) is 0 Å². The monoisotopic (exact) mass is 164 g/mol. The lowest BCUT2D eigenvalue weighted by molar-refractivity contribution is -0.104. The Kier molecular flexibility index (Phi) is 2.45. The topological polar surface area (TPSA) is 69.1 Å². The van der Waals surface area contributed by atoms with Crippen LogP contribution in [0.25, 0.3) is 0 Å². The summed E-state index contributed by atoms with van der Waals surface area (Å²) in [5.41, 5.74) is 11.6. The van der Waals surface area contributed by atoms with Gasteiger partial charge in [-0.15, -0.1) is 0 Å². The second-order valence-corrected chi connectivity index (χ2v) is 2.85. The predicted octanol–water partition coefficient (Wildman–Crippen LogP) is 0.242. The predicted molar refractivity (Wildman–Crippen MR) is 48.1 cm³/mol. The van der Waals surface area contributed by atoms with E-state index < -0.39 is 5.54 Å². The van der Waals surface area contributed by atoms with E-state index in [0.717, 1.165) is 5.70 Å². The highest BCUT2D eigenvalue weighted by Gasteiger charge is 2.18. The molecule has 3 nitrogen and oxygen atoms in total. The van der Waals surface area contributed by atoms with E-state index in [1.807, 2.05) is 6.08 Å². The van der Waals surface area contributed by atoms with Crippen molar-refractivity contribution in [3.8, 4) is 0 Å². The standard InChI is InChI=1S/C9H12N2O/c10-8-2-5-9(11,6-3-8)4-1-7-12/h1-5,7H,6,10-11H2. The lowest BCUT2D eigenvalue weighted by Gasteiger charge is -2.22. The van der Waals surface area contributed by atoms with Crippen molar-refractivity contribution in [2.75, 3.05) is 0 Å². The summed E-state index contributed by atoms with van der Waals surface area (Å²) in [4.78, 5) is 10.0. The van der Waals surface area contributed by atoms with Gasteiger partial charge in [0.15, 0.2) is 0 Å². The van der Waals surface area contributed by atoms with Gasteiger partial charge in [-0.2, -0.15) is 0 Å². The number of carbonyl (C=O) groups excluding carboxylic acids is 1. The van der Waals surface area contributed by atoms with Crippen molar-refractivity contribution < 1.29 is 4.79 Å². The second kappa shape index (κ2) is 3.36. The Morgan fingerprint density at radius 3 is 2.83 bits per heavy atom. The number of aldehydes is 1. The van der Waals surface area contributed by atoms with Gasteiger partial charge in [-0.3, -0.25) is 4.79 Å². The molecule has 0 aliphatic heterocycles. The molecule has 1 aliphatic carbocycles. The highest BCUT2D eigenvalue weighted by atomic mass is 16.1. The summed E-state index contributed by atoms with van der Waals surface area (Å²) in [6, 6.07) is 0. The Hall–Kier alpha value is -1.35. The minimum Gasteiger partial charge on any atom is -0.399 e. The van der Waals surface area contributed by atoms with Gasteiger partial charge in [-0.1, -0.05) is 18.2 Å². The quantitative estimate of drug-likeness (QED) is 0.454. The molecule has 64 valence electrons. The van der Waals surface area contributed by atoms with Gasteiger partial charge in [-0.05, 0) is 18.6 Å². The zero-order chi connectivity index (χ0) is 9.03. The molecule has 1 rings (SSSR count). The summed E-state index contributed by atoms with van der Waals surface area (Å²) in [5.74, 6) is 0. The highest BCUT2D eigenvalue weighted by molar-refractivity contribution is 5.65. The number of carbonyl (C=O) groups is 1. The van der Waals surface area contributed by atoms with Crippen molar-refractivity contribution in [2.45, 2.75) is 12.0 Å². The Balaban J connectivity index is 2.71. The van der Waals surface area contributed by atoms with Crippen molar-refractivity contribution >= 4 is 6.29 Å². The Morgan fingerprint density at radius 2 is 2.33 bits per heavy atom. The first kappa shape index (κ1) is 8.74. The molecular formula is C9H12N2O. The lowest BCUT2D eigenvalue weighted by atomic mass is 9.91. The van der Waals surface area contributed by atoms with Crippen LogP contribution in [-0.4, -0.2) is 11.8 Å². The average Bonchev–Trinajstić information content (AvgIpc) is 2.08. The molecule has 0 heterocycles. The molecule has 1 unspecified atom stereocenters.